The van der Waals surface area contributed by atoms with Gasteiger partial charge in [0.15, 0.2) is 5.96 Å². The van der Waals surface area contributed by atoms with E-state index >= 15 is 0 Å². The van der Waals surface area contributed by atoms with Gasteiger partial charge in [-0.1, -0.05) is 18.2 Å². The number of hydrogen-bond donors (Lipinski definition) is 2. The monoisotopic (exact) mass is 418 g/mol. The quantitative estimate of drug-likeness (QED) is 0.309. The fourth-order valence-electron chi connectivity index (χ4n) is 2.39. The third-order valence-electron chi connectivity index (χ3n) is 3.66. The molecule has 1 unspecified atom stereocenters. The molecule has 1 fully saturated rings. The van der Waals surface area contributed by atoms with Gasteiger partial charge in [-0.2, -0.15) is 0 Å². The summed E-state index contributed by atoms with van der Waals surface area (Å²) in [6, 6.07) is 10.4. The second-order valence-corrected chi connectivity index (χ2v) is 5.40. The average molecular weight is 418 g/mol. The lowest BCUT2D eigenvalue weighted by Crippen LogP contribution is -2.34. The zero-order valence-electron chi connectivity index (χ0n) is 13.2. The van der Waals surface area contributed by atoms with Crippen molar-refractivity contribution in [3.63, 3.8) is 0 Å². The number of hydrogen-bond acceptors (Lipinski definition) is 3. The number of rotatable bonds is 7. The highest BCUT2D eigenvalue weighted by Crippen LogP contribution is 2.12. The van der Waals surface area contributed by atoms with Crippen molar-refractivity contribution in [2.24, 2.45) is 10.7 Å². The first kappa shape index (κ1) is 19.0. The van der Waals surface area contributed by atoms with Crippen molar-refractivity contribution in [3.05, 3.63) is 30.3 Å². The zero-order chi connectivity index (χ0) is 14.9. The highest BCUT2D eigenvalue weighted by Gasteiger charge is 2.14. The van der Waals surface area contributed by atoms with Gasteiger partial charge in [0.2, 0.25) is 0 Å². The van der Waals surface area contributed by atoms with Gasteiger partial charge >= 0.3 is 0 Å². The number of benzene rings is 1. The van der Waals surface area contributed by atoms with Crippen LogP contribution in [-0.4, -0.2) is 45.4 Å². The van der Waals surface area contributed by atoms with Crippen LogP contribution in [0.4, 0.5) is 5.69 Å². The lowest BCUT2D eigenvalue weighted by Gasteiger charge is -2.19. The van der Waals surface area contributed by atoms with Crippen LogP contribution in [0.1, 0.15) is 19.3 Å². The average Bonchev–Trinajstić information content (AvgIpc) is 3.03. The molecule has 0 bridgehead atoms. The Morgan fingerprint density at radius 3 is 2.86 bits per heavy atom. The molecule has 0 amide bonds. The predicted molar refractivity (Wildman–Crippen MR) is 103 cm³/mol. The van der Waals surface area contributed by atoms with E-state index in [1.807, 2.05) is 6.07 Å². The number of guanidine groups is 1. The summed E-state index contributed by atoms with van der Waals surface area (Å²) in [5, 5.41) is 3.16. The molecule has 5 nitrogen and oxygen atoms in total. The van der Waals surface area contributed by atoms with Crippen LogP contribution in [-0.2, 0) is 4.74 Å². The number of halogens is 1. The first-order valence-corrected chi connectivity index (χ1v) is 7.67. The van der Waals surface area contributed by atoms with Gasteiger partial charge in [-0.05, 0) is 31.4 Å². The molecule has 1 heterocycles. The molecule has 22 heavy (non-hydrogen) atoms. The number of ether oxygens (including phenoxy) is 1. The Balaban J connectivity index is 0.00000242. The third-order valence-corrected chi connectivity index (χ3v) is 3.66. The summed E-state index contributed by atoms with van der Waals surface area (Å²) in [6.45, 7) is 3.34. The summed E-state index contributed by atoms with van der Waals surface area (Å²) < 4.78 is 5.51. The van der Waals surface area contributed by atoms with Crippen LogP contribution in [0.5, 0.6) is 0 Å². The number of para-hydroxylation sites is 1. The van der Waals surface area contributed by atoms with Gasteiger partial charge in [0.05, 0.1) is 12.6 Å². The largest absolute Gasteiger partial charge is 0.376 e. The van der Waals surface area contributed by atoms with Crippen LogP contribution in [0, 0.1) is 0 Å². The smallest absolute Gasteiger partial charge is 0.188 e. The second-order valence-electron chi connectivity index (χ2n) is 5.40. The summed E-state index contributed by atoms with van der Waals surface area (Å²) in [7, 11) is 2.10. The van der Waals surface area contributed by atoms with Gasteiger partial charge in [0.1, 0.15) is 0 Å². The summed E-state index contributed by atoms with van der Waals surface area (Å²) >= 11 is 0. The molecule has 1 aromatic rings. The second kappa shape index (κ2) is 10.7. The lowest BCUT2D eigenvalue weighted by molar-refractivity contribution is 0.118. The van der Waals surface area contributed by atoms with E-state index in [-0.39, 0.29) is 30.1 Å². The van der Waals surface area contributed by atoms with Crippen LogP contribution in [0.2, 0.25) is 0 Å². The molecule has 1 aromatic carbocycles. The molecule has 1 saturated heterocycles. The summed E-state index contributed by atoms with van der Waals surface area (Å²) in [5.41, 5.74) is 7.08. The molecule has 124 valence electrons. The molecule has 0 aromatic heterocycles. The summed E-state index contributed by atoms with van der Waals surface area (Å²) in [5.74, 6) is 0.521. The Kier molecular flexibility index (Phi) is 9.22. The number of nitrogens with one attached hydrogen (secondary N) is 1. The Labute approximate surface area is 150 Å². The highest BCUT2D eigenvalue weighted by molar-refractivity contribution is 14.0. The van der Waals surface area contributed by atoms with Gasteiger partial charge in [0, 0.05) is 32.4 Å². The molecule has 0 spiro atoms. The number of nitrogens with two attached hydrogens (primary N) is 1. The van der Waals surface area contributed by atoms with Crippen LogP contribution in [0.25, 0.3) is 0 Å². The molecule has 1 aliphatic rings. The highest BCUT2D eigenvalue weighted by atomic mass is 127. The van der Waals surface area contributed by atoms with Crippen LogP contribution >= 0.6 is 24.0 Å². The molecule has 0 saturated carbocycles. The van der Waals surface area contributed by atoms with Crippen molar-refractivity contribution < 1.29 is 4.74 Å². The van der Waals surface area contributed by atoms with Crippen molar-refractivity contribution in [1.82, 2.24) is 5.32 Å². The lowest BCUT2D eigenvalue weighted by atomic mass is 10.2. The van der Waals surface area contributed by atoms with Crippen molar-refractivity contribution in [3.8, 4) is 0 Å². The van der Waals surface area contributed by atoms with Gasteiger partial charge in [-0.15, -0.1) is 24.0 Å². The maximum Gasteiger partial charge on any atom is 0.188 e. The Morgan fingerprint density at radius 2 is 2.18 bits per heavy atom. The standard InChI is InChI=1S/C16H26N4O.HI/c1-20(14-7-3-2-4-8-14)11-6-10-18-16(17)19-13-15-9-5-12-21-15;/h2-4,7-8,15H,5-6,9-13H2,1H3,(H3,17,18,19);1H. The van der Waals surface area contributed by atoms with Crippen LogP contribution in [0.15, 0.2) is 35.3 Å². The molecule has 0 radical (unpaired) electrons. The maximum atomic E-state index is 5.85. The van der Waals surface area contributed by atoms with E-state index in [1.54, 1.807) is 0 Å². The number of anilines is 1. The normalized spacial score (nSPS) is 17.9. The first-order chi connectivity index (χ1) is 10.3. The third kappa shape index (κ3) is 6.83. The molecule has 6 heteroatoms. The molecular formula is C16H27IN4O. The summed E-state index contributed by atoms with van der Waals surface area (Å²) in [6.07, 6.45) is 3.51. The van der Waals surface area contributed by atoms with Gasteiger partial charge in [-0.3, -0.25) is 4.99 Å². The SMILES string of the molecule is CN(CCCNC(N)=NCC1CCCO1)c1ccccc1.I. The van der Waals surface area contributed by atoms with E-state index in [4.69, 9.17) is 10.5 Å². The van der Waals surface area contributed by atoms with E-state index < -0.39 is 0 Å². The molecule has 2 rings (SSSR count). The van der Waals surface area contributed by atoms with Gasteiger partial charge < -0.3 is 20.7 Å². The minimum atomic E-state index is 0. The minimum absolute atomic E-state index is 0. The molecule has 1 aliphatic heterocycles. The number of aliphatic imine (C=N–C) groups is 1. The topological polar surface area (TPSA) is 62.9 Å². The molecule has 0 aliphatic carbocycles. The fourth-order valence-corrected chi connectivity index (χ4v) is 2.39. The van der Waals surface area contributed by atoms with E-state index in [0.717, 1.165) is 39.0 Å². The molecule has 1 atom stereocenters. The summed E-state index contributed by atoms with van der Waals surface area (Å²) in [4.78, 5) is 6.56. The Morgan fingerprint density at radius 1 is 1.41 bits per heavy atom. The van der Waals surface area contributed by atoms with Crippen molar-refractivity contribution >= 4 is 35.6 Å². The zero-order valence-corrected chi connectivity index (χ0v) is 15.5. The minimum Gasteiger partial charge on any atom is -0.376 e. The van der Waals surface area contributed by atoms with Crippen molar-refractivity contribution in [2.45, 2.75) is 25.4 Å². The Bertz CT molecular complexity index is 435. The van der Waals surface area contributed by atoms with Gasteiger partial charge in [0.25, 0.3) is 0 Å². The van der Waals surface area contributed by atoms with E-state index in [9.17, 15) is 0 Å². The van der Waals surface area contributed by atoms with Crippen molar-refractivity contribution in [2.75, 3.05) is 38.2 Å². The van der Waals surface area contributed by atoms with Gasteiger partial charge in [-0.25, -0.2) is 0 Å². The molecular weight excluding hydrogens is 391 g/mol. The molecule has 3 N–H and O–H groups in total. The van der Waals surface area contributed by atoms with Crippen molar-refractivity contribution in [1.29, 1.82) is 0 Å². The maximum absolute atomic E-state index is 5.85. The number of nitrogens with zero attached hydrogens (tertiary/aromatic N) is 2. The van der Waals surface area contributed by atoms with E-state index in [0.29, 0.717) is 12.5 Å². The van der Waals surface area contributed by atoms with Crippen LogP contribution in [0.3, 0.4) is 0 Å². The van der Waals surface area contributed by atoms with E-state index in [2.05, 4.69) is 46.5 Å². The fraction of sp³-hybridized carbons (Fsp3) is 0.562. The first-order valence-electron chi connectivity index (χ1n) is 7.67. The predicted octanol–water partition coefficient (Wildman–Crippen LogP) is 2.21. The van der Waals surface area contributed by atoms with E-state index in [1.165, 1.54) is 5.69 Å². The Hall–Kier alpha value is -1.02. The van der Waals surface area contributed by atoms with Crippen LogP contribution < -0.4 is 16.0 Å².